The van der Waals surface area contributed by atoms with Crippen LogP contribution in [-0.2, 0) is 13.1 Å². The molecule has 0 saturated heterocycles. The molecular weight excluding hydrogens is 294 g/mol. The molecule has 1 aliphatic carbocycles. The quantitative estimate of drug-likeness (QED) is 0.838. The van der Waals surface area contributed by atoms with E-state index in [4.69, 9.17) is 0 Å². The number of benzene rings is 2. The first-order chi connectivity index (χ1) is 11.7. The van der Waals surface area contributed by atoms with E-state index in [2.05, 4.69) is 65.6 Å². The van der Waals surface area contributed by atoms with Crippen LogP contribution < -0.4 is 0 Å². The summed E-state index contributed by atoms with van der Waals surface area (Å²) in [6.45, 7) is 3.94. The maximum absolute atomic E-state index is 9.86. The van der Waals surface area contributed by atoms with Gasteiger partial charge in [-0.1, -0.05) is 60.7 Å². The van der Waals surface area contributed by atoms with Crippen molar-refractivity contribution in [3.8, 4) is 0 Å². The zero-order chi connectivity index (χ0) is 16.8. The van der Waals surface area contributed by atoms with E-state index >= 15 is 0 Å². The number of aliphatic hydroxyl groups excluding tert-OH is 1. The van der Waals surface area contributed by atoms with Crippen LogP contribution >= 0.6 is 0 Å². The van der Waals surface area contributed by atoms with Gasteiger partial charge in [-0.3, -0.25) is 4.90 Å². The molecule has 1 aliphatic rings. The molecule has 1 unspecified atom stereocenters. The van der Waals surface area contributed by atoms with Crippen LogP contribution in [0.4, 0.5) is 0 Å². The van der Waals surface area contributed by atoms with Crippen molar-refractivity contribution < 1.29 is 5.11 Å². The molecule has 0 spiro atoms. The largest absolute Gasteiger partial charge is 0.393 e. The van der Waals surface area contributed by atoms with Gasteiger partial charge in [0.1, 0.15) is 0 Å². The molecule has 2 aromatic rings. The number of hydrogen-bond donors (Lipinski definition) is 1. The Morgan fingerprint density at radius 2 is 1.29 bits per heavy atom. The lowest BCUT2D eigenvalue weighted by atomic mass is 9.82. The Balaban J connectivity index is 1.70. The smallest absolute Gasteiger partial charge is 0.0540 e. The van der Waals surface area contributed by atoms with Gasteiger partial charge in [0, 0.05) is 19.1 Å². The molecule has 2 nitrogen and oxygen atoms in total. The van der Waals surface area contributed by atoms with E-state index < -0.39 is 0 Å². The van der Waals surface area contributed by atoms with Gasteiger partial charge in [-0.15, -0.1) is 0 Å². The third-order valence-electron chi connectivity index (χ3n) is 5.40. The third-order valence-corrected chi connectivity index (χ3v) is 5.40. The fraction of sp³-hybridized carbons (Fsp3) is 0.455. The predicted octanol–water partition coefficient (Wildman–Crippen LogP) is 4.63. The van der Waals surface area contributed by atoms with Crippen molar-refractivity contribution in [2.45, 2.75) is 57.8 Å². The summed E-state index contributed by atoms with van der Waals surface area (Å²) in [4.78, 5) is 2.63. The second-order valence-corrected chi connectivity index (χ2v) is 7.19. The Morgan fingerprint density at radius 3 is 1.71 bits per heavy atom. The minimum Gasteiger partial charge on any atom is -0.393 e. The topological polar surface area (TPSA) is 23.5 Å². The van der Waals surface area contributed by atoms with E-state index in [1.54, 1.807) is 0 Å². The van der Waals surface area contributed by atoms with Crippen LogP contribution in [0.3, 0.4) is 0 Å². The van der Waals surface area contributed by atoms with E-state index in [-0.39, 0.29) is 6.10 Å². The molecular formula is C22H29NO. The van der Waals surface area contributed by atoms with E-state index in [0.717, 1.165) is 25.9 Å². The van der Waals surface area contributed by atoms with Crippen LogP contribution in [0.2, 0.25) is 0 Å². The Hall–Kier alpha value is -1.64. The van der Waals surface area contributed by atoms with E-state index in [1.165, 1.54) is 24.0 Å². The highest BCUT2D eigenvalue weighted by molar-refractivity contribution is 5.17. The summed E-state index contributed by atoms with van der Waals surface area (Å²) in [5, 5.41) is 9.86. The molecule has 128 valence electrons. The lowest BCUT2D eigenvalue weighted by Crippen LogP contribution is -2.38. The number of aliphatic hydroxyl groups is 1. The number of nitrogens with zero attached hydrogens (tertiary/aromatic N) is 1. The normalized spacial score (nSPS) is 22.5. The molecule has 0 radical (unpaired) electrons. The monoisotopic (exact) mass is 323 g/mol. The Kier molecular flexibility index (Phi) is 6.06. The fourth-order valence-corrected chi connectivity index (χ4v) is 3.90. The fourth-order valence-electron chi connectivity index (χ4n) is 3.90. The third kappa shape index (κ3) is 4.68. The summed E-state index contributed by atoms with van der Waals surface area (Å²) in [6, 6.07) is 22.2. The predicted molar refractivity (Wildman–Crippen MR) is 99.6 cm³/mol. The summed E-state index contributed by atoms with van der Waals surface area (Å²) in [5.74, 6) is 0.483. The second kappa shape index (κ2) is 8.46. The van der Waals surface area contributed by atoms with Crippen molar-refractivity contribution in [3.63, 3.8) is 0 Å². The van der Waals surface area contributed by atoms with Crippen molar-refractivity contribution in [2.24, 2.45) is 5.92 Å². The zero-order valence-corrected chi connectivity index (χ0v) is 14.6. The highest BCUT2D eigenvalue weighted by atomic mass is 16.3. The second-order valence-electron chi connectivity index (χ2n) is 7.19. The van der Waals surface area contributed by atoms with E-state index in [0.29, 0.717) is 12.0 Å². The van der Waals surface area contributed by atoms with Crippen molar-refractivity contribution in [1.29, 1.82) is 0 Å². The van der Waals surface area contributed by atoms with Crippen LogP contribution in [-0.4, -0.2) is 22.2 Å². The van der Waals surface area contributed by atoms with Crippen molar-refractivity contribution in [1.82, 2.24) is 4.90 Å². The minimum absolute atomic E-state index is 0.164. The van der Waals surface area contributed by atoms with E-state index in [9.17, 15) is 5.11 Å². The summed E-state index contributed by atoms with van der Waals surface area (Å²) in [6.07, 6.45) is 4.50. The SMILES string of the molecule is CC(O)[C@H]1CC[C@H](N(Cc2ccccc2)Cc2ccccc2)CC1. The molecule has 0 heterocycles. The molecule has 2 heteroatoms. The molecule has 0 aliphatic heterocycles. The zero-order valence-electron chi connectivity index (χ0n) is 14.6. The molecule has 0 bridgehead atoms. The van der Waals surface area contributed by atoms with E-state index in [1.807, 2.05) is 6.92 Å². The molecule has 0 aromatic heterocycles. The average Bonchev–Trinajstić information content (AvgIpc) is 2.63. The van der Waals surface area contributed by atoms with Gasteiger partial charge in [0.15, 0.2) is 0 Å². The maximum Gasteiger partial charge on any atom is 0.0540 e. The van der Waals surface area contributed by atoms with Gasteiger partial charge < -0.3 is 5.11 Å². The summed E-state index contributed by atoms with van der Waals surface area (Å²) >= 11 is 0. The summed E-state index contributed by atoms with van der Waals surface area (Å²) < 4.78 is 0. The molecule has 1 atom stereocenters. The Morgan fingerprint density at radius 1 is 0.833 bits per heavy atom. The molecule has 24 heavy (non-hydrogen) atoms. The first kappa shape index (κ1) is 17.2. The summed E-state index contributed by atoms with van der Waals surface area (Å²) in [5.41, 5.74) is 2.76. The molecule has 2 aromatic carbocycles. The first-order valence-corrected chi connectivity index (χ1v) is 9.22. The maximum atomic E-state index is 9.86. The van der Waals surface area contributed by atoms with Crippen molar-refractivity contribution in [2.75, 3.05) is 0 Å². The van der Waals surface area contributed by atoms with Gasteiger partial charge in [-0.05, 0) is 49.7 Å². The average molecular weight is 323 g/mol. The van der Waals surface area contributed by atoms with Gasteiger partial charge in [-0.2, -0.15) is 0 Å². The lowest BCUT2D eigenvalue weighted by molar-refractivity contribution is 0.0610. The van der Waals surface area contributed by atoms with Gasteiger partial charge in [0.2, 0.25) is 0 Å². The molecule has 1 fully saturated rings. The Bertz CT molecular complexity index is 546. The number of rotatable bonds is 6. The summed E-state index contributed by atoms with van der Waals surface area (Å²) in [7, 11) is 0. The highest BCUT2D eigenvalue weighted by Gasteiger charge is 2.28. The van der Waals surface area contributed by atoms with Crippen LogP contribution in [0, 0.1) is 5.92 Å². The molecule has 0 amide bonds. The van der Waals surface area contributed by atoms with Gasteiger partial charge in [-0.25, -0.2) is 0 Å². The molecule has 1 N–H and O–H groups in total. The van der Waals surface area contributed by atoms with Crippen LogP contribution in [0.25, 0.3) is 0 Å². The van der Waals surface area contributed by atoms with Gasteiger partial charge >= 0.3 is 0 Å². The van der Waals surface area contributed by atoms with Crippen molar-refractivity contribution >= 4 is 0 Å². The Labute approximate surface area is 146 Å². The van der Waals surface area contributed by atoms with Crippen LogP contribution in [0.1, 0.15) is 43.7 Å². The minimum atomic E-state index is -0.164. The van der Waals surface area contributed by atoms with Crippen molar-refractivity contribution in [3.05, 3.63) is 71.8 Å². The molecule has 3 rings (SSSR count). The van der Waals surface area contributed by atoms with Gasteiger partial charge in [0.05, 0.1) is 6.10 Å². The van der Waals surface area contributed by atoms with Crippen LogP contribution in [0.5, 0.6) is 0 Å². The standard InChI is InChI=1S/C22H29NO/c1-18(24)21-12-14-22(15-13-21)23(16-19-8-4-2-5-9-19)17-20-10-6-3-7-11-20/h2-11,18,21-22,24H,12-17H2,1H3/t18?,21-,22-. The molecule has 1 saturated carbocycles. The number of hydrogen-bond acceptors (Lipinski definition) is 2. The first-order valence-electron chi connectivity index (χ1n) is 9.22. The lowest BCUT2D eigenvalue weighted by Gasteiger charge is -2.38. The van der Waals surface area contributed by atoms with Crippen LogP contribution in [0.15, 0.2) is 60.7 Å². The van der Waals surface area contributed by atoms with Gasteiger partial charge in [0.25, 0.3) is 0 Å². The highest BCUT2D eigenvalue weighted by Crippen LogP contribution is 2.31.